The van der Waals surface area contributed by atoms with Crippen LogP contribution in [-0.2, 0) is 5.41 Å². The molecule has 0 amide bonds. The van der Waals surface area contributed by atoms with E-state index in [9.17, 15) is 0 Å². The molecule has 1 atom stereocenters. The van der Waals surface area contributed by atoms with Gasteiger partial charge in [-0.25, -0.2) is 0 Å². The Morgan fingerprint density at radius 3 is 1.89 bits per heavy atom. The van der Waals surface area contributed by atoms with Gasteiger partial charge in [0.25, 0.3) is 0 Å². The van der Waals surface area contributed by atoms with Crippen LogP contribution in [0.4, 0.5) is 0 Å². The van der Waals surface area contributed by atoms with E-state index < -0.39 is 0 Å². The molecule has 2 nitrogen and oxygen atoms in total. The summed E-state index contributed by atoms with van der Waals surface area (Å²) < 4.78 is 0. The summed E-state index contributed by atoms with van der Waals surface area (Å²) >= 11 is 0. The number of hydrogen-bond acceptors (Lipinski definition) is 2. The second kappa shape index (κ2) is 9.03. The Hall–Kier alpha value is -1.64. The third-order valence-electron chi connectivity index (χ3n) is 6.60. The molecule has 2 aromatic carbocycles. The average Bonchev–Trinajstić information content (AvgIpc) is 3.11. The minimum atomic E-state index is 0.0833. The molecule has 2 aromatic rings. The summed E-state index contributed by atoms with van der Waals surface area (Å²) in [5, 5.41) is 0. The van der Waals surface area contributed by atoms with Crippen molar-refractivity contribution >= 4 is 0 Å². The summed E-state index contributed by atoms with van der Waals surface area (Å²) in [7, 11) is 0. The van der Waals surface area contributed by atoms with Crippen LogP contribution >= 0.6 is 0 Å². The van der Waals surface area contributed by atoms with E-state index in [0.29, 0.717) is 12.0 Å². The monoisotopic (exact) mass is 364 g/mol. The molecular formula is C25H36N2. The van der Waals surface area contributed by atoms with E-state index in [1.165, 1.54) is 30.6 Å². The van der Waals surface area contributed by atoms with E-state index in [1.54, 1.807) is 0 Å². The molecule has 1 saturated heterocycles. The van der Waals surface area contributed by atoms with Crippen LogP contribution in [0.15, 0.2) is 60.7 Å². The maximum atomic E-state index is 2.69. The van der Waals surface area contributed by atoms with Gasteiger partial charge in [0.05, 0.1) is 0 Å². The van der Waals surface area contributed by atoms with Gasteiger partial charge in [0.2, 0.25) is 0 Å². The predicted octanol–water partition coefficient (Wildman–Crippen LogP) is 5.04. The second-order valence-electron chi connectivity index (χ2n) is 8.24. The molecule has 0 aliphatic carbocycles. The van der Waals surface area contributed by atoms with E-state index in [1.807, 2.05) is 0 Å². The summed E-state index contributed by atoms with van der Waals surface area (Å²) in [6.07, 6.45) is 1.24. The molecule has 2 heteroatoms. The van der Waals surface area contributed by atoms with E-state index in [0.717, 1.165) is 19.6 Å². The third kappa shape index (κ3) is 4.12. The lowest BCUT2D eigenvalue weighted by Gasteiger charge is -2.37. The molecule has 27 heavy (non-hydrogen) atoms. The van der Waals surface area contributed by atoms with Crippen LogP contribution < -0.4 is 0 Å². The number of hydrogen-bond donors (Lipinski definition) is 0. The Kier molecular flexibility index (Phi) is 6.73. The maximum Gasteiger partial charge on any atom is 0.0370 e. The fourth-order valence-electron chi connectivity index (χ4n) is 4.85. The zero-order valence-corrected chi connectivity index (χ0v) is 17.6. The van der Waals surface area contributed by atoms with E-state index in [2.05, 4.69) is 98.2 Å². The highest BCUT2D eigenvalue weighted by molar-refractivity contribution is 5.42. The molecule has 1 aliphatic heterocycles. The Bertz CT molecular complexity index is 636. The van der Waals surface area contributed by atoms with Crippen molar-refractivity contribution in [2.45, 2.75) is 45.6 Å². The van der Waals surface area contributed by atoms with Crippen LogP contribution in [-0.4, -0.2) is 48.6 Å². The lowest BCUT2D eigenvalue weighted by molar-refractivity contribution is 0.244. The van der Waals surface area contributed by atoms with Crippen LogP contribution in [0.25, 0.3) is 0 Å². The lowest BCUT2D eigenvalue weighted by Crippen LogP contribution is -2.39. The molecule has 1 fully saturated rings. The van der Waals surface area contributed by atoms with Gasteiger partial charge in [-0.15, -0.1) is 0 Å². The van der Waals surface area contributed by atoms with E-state index in [4.69, 9.17) is 0 Å². The molecule has 0 N–H and O–H groups in total. The first-order valence-electron chi connectivity index (χ1n) is 10.7. The molecular weight excluding hydrogens is 328 g/mol. The van der Waals surface area contributed by atoms with E-state index >= 15 is 0 Å². The first-order valence-corrected chi connectivity index (χ1v) is 10.7. The predicted molar refractivity (Wildman–Crippen MR) is 116 cm³/mol. The number of nitrogens with zero attached hydrogens (tertiary/aromatic N) is 2. The van der Waals surface area contributed by atoms with Crippen LogP contribution in [0.2, 0.25) is 0 Å². The number of benzene rings is 2. The van der Waals surface area contributed by atoms with Crippen LogP contribution in [0.3, 0.4) is 0 Å². The standard InChI is InChI=1S/C25H36N2/c1-5-26(6-2)18-17-24-19-27(21(3)4)20-25(24,22-13-9-7-10-14-22)23-15-11-8-12-16-23/h7-16,21,24H,5-6,17-20H2,1-4H3. The van der Waals surface area contributed by atoms with Crippen molar-refractivity contribution in [3.8, 4) is 0 Å². The minimum Gasteiger partial charge on any atom is -0.304 e. The molecule has 0 aromatic heterocycles. The highest BCUT2D eigenvalue weighted by atomic mass is 15.2. The quantitative estimate of drug-likeness (QED) is 0.647. The summed E-state index contributed by atoms with van der Waals surface area (Å²) in [6, 6.07) is 23.1. The van der Waals surface area contributed by atoms with Crippen molar-refractivity contribution in [1.29, 1.82) is 0 Å². The van der Waals surface area contributed by atoms with Crippen LogP contribution in [0, 0.1) is 5.92 Å². The Labute approximate surface area is 166 Å². The lowest BCUT2D eigenvalue weighted by atomic mass is 9.66. The van der Waals surface area contributed by atoms with E-state index in [-0.39, 0.29) is 5.41 Å². The van der Waals surface area contributed by atoms with Crippen molar-refractivity contribution in [1.82, 2.24) is 9.80 Å². The minimum absolute atomic E-state index is 0.0833. The van der Waals surface area contributed by atoms with Crippen molar-refractivity contribution in [3.63, 3.8) is 0 Å². The largest absolute Gasteiger partial charge is 0.304 e. The molecule has 0 saturated carbocycles. The Morgan fingerprint density at radius 2 is 1.44 bits per heavy atom. The van der Waals surface area contributed by atoms with Gasteiger partial charge in [-0.3, -0.25) is 4.90 Å². The molecule has 1 heterocycles. The molecule has 1 aliphatic rings. The fraction of sp³-hybridized carbons (Fsp3) is 0.520. The molecule has 0 spiro atoms. The van der Waals surface area contributed by atoms with Gasteiger partial charge >= 0.3 is 0 Å². The van der Waals surface area contributed by atoms with Crippen molar-refractivity contribution in [3.05, 3.63) is 71.8 Å². The molecule has 0 bridgehead atoms. The van der Waals surface area contributed by atoms with Crippen molar-refractivity contribution in [2.75, 3.05) is 32.7 Å². The maximum absolute atomic E-state index is 2.69. The van der Waals surface area contributed by atoms with Crippen LogP contribution in [0.1, 0.15) is 45.2 Å². The van der Waals surface area contributed by atoms with Gasteiger partial charge < -0.3 is 4.90 Å². The molecule has 0 radical (unpaired) electrons. The topological polar surface area (TPSA) is 6.48 Å². The molecule has 3 rings (SSSR count). The summed E-state index contributed by atoms with van der Waals surface area (Å²) in [5.41, 5.74) is 3.03. The van der Waals surface area contributed by atoms with Gasteiger partial charge in [-0.1, -0.05) is 74.5 Å². The first kappa shape index (κ1) is 20.1. The highest BCUT2D eigenvalue weighted by Gasteiger charge is 2.48. The number of rotatable bonds is 8. The number of likely N-dealkylation sites (tertiary alicyclic amines) is 1. The van der Waals surface area contributed by atoms with Gasteiger partial charge in [0.1, 0.15) is 0 Å². The van der Waals surface area contributed by atoms with Crippen molar-refractivity contribution < 1.29 is 0 Å². The van der Waals surface area contributed by atoms with Gasteiger partial charge in [0.15, 0.2) is 0 Å². The molecule has 1 unspecified atom stereocenters. The van der Waals surface area contributed by atoms with Gasteiger partial charge in [-0.2, -0.15) is 0 Å². The molecule has 146 valence electrons. The normalized spacial score (nSPS) is 19.9. The van der Waals surface area contributed by atoms with Gasteiger partial charge in [0, 0.05) is 24.5 Å². The fourth-order valence-corrected chi connectivity index (χ4v) is 4.85. The summed E-state index contributed by atoms with van der Waals surface area (Å²) in [5.74, 6) is 0.630. The second-order valence-corrected chi connectivity index (χ2v) is 8.24. The first-order chi connectivity index (χ1) is 13.1. The SMILES string of the molecule is CCN(CC)CCC1CN(C(C)C)CC1(c1ccccc1)c1ccccc1. The van der Waals surface area contributed by atoms with Crippen molar-refractivity contribution in [2.24, 2.45) is 5.92 Å². The van der Waals surface area contributed by atoms with Crippen LogP contribution in [0.5, 0.6) is 0 Å². The summed E-state index contributed by atoms with van der Waals surface area (Å²) in [6.45, 7) is 15.0. The third-order valence-corrected chi connectivity index (χ3v) is 6.60. The highest BCUT2D eigenvalue weighted by Crippen LogP contribution is 2.46. The smallest absolute Gasteiger partial charge is 0.0370 e. The zero-order chi connectivity index (χ0) is 19.3. The Balaban J connectivity index is 2.04. The Morgan fingerprint density at radius 1 is 0.926 bits per heavy atom. The average molecular weight is 365 g/mol. The summed E-state index contributed by atoms with van der Waals surface area (Å²) in [4.78, 5) is 5.26. The van der Waals surface area contributed by atoms with Gasteiger partial charge in [-0.05, 0) is 56.9 Å². The zero-order valence-electron chi connectivity index (χ0n) is 17.6.